The molecule has 0 aliphatic carbocycles. The van der Waals surface area contributed by atoms with Crippen molar-refractivity contribution in [2.45, 2.75) is 33.2 Å². The highest BCUT2D eigenvalue weighted by Crippen LogP contribution is 2.19. The summed E-state index contributed by atoms with van der Waals surface area (Å²) in [4.78, 5) is 5.10. The molecule has 0 N–H and O–H groups in total. The average Bonchev–Trinajstić information content (AvgIpc) is 2.02. The second-order valence-electron chi connectivity index (χ2n) is 4.26. The number of hydrogen-bond acceptors (Lipinski definition) is 2. The third-order valence-electron chi connectivity index (χ3n) is 2.98. The molecular formula is C10H22N2. The molecule has 0 bridgehead atoms. The van der Waals surface area contributed by atoms with E-state index in [0.29, 0.717) is 5.54 Å². The van der Waals surface area contributed by atoms with E-state index in [1.165, 1.54) is 32.7 Å². The zero-order valence-corrected chi connectivity index (χ0v) is 8.93. The molecule has 72 valence electrons. The molecule has 0 aromatic heterocycles. The van der Waals surface area contributed by atoms with Gasteiger partial charge in [-0.05, 0) is 26.9 Å². The molecule has 0 radical (unpaired) electrons. The number of hydrogen-bond donors (Lipinski definition) is 0. The summed E-state index contributed by atoms with van der Waals surface area (Å²) < 4.78 is 0. The topological polar surface area (TPSA) is 6.48 Å². The van der Waals surface area contributed by atoms with E-state index in [1.54, 1.807) is 0 Å². The molecule has 1 aliphatic rings. The second-order valence-corrected chi connectivity index (χ2v) is 4.26. The summed E-state index contributed by atoms with van der Waals surface area (Å²) in [5.41, 5.74) is 0.378. The predicted octanol–water partition coefficient (Wildman–Crippen LogP) is 1.42. The van der Waals surface area contributed by atoms with Crippen molar-refractivity contribution in [1.82, 2.24) is 9.80 Å². The van der Waals surface area contributed by atoms with Gasteiger partial charge in [0.05, 0.1) is 0 Å². The van der Waals surface area contributed by atoms with Crippen LogP contribution in [0.3, 0.4) is 0 Å². The molecule has 12 heavy (non-hydrogen) atoms. The lowest BCUT2D eigenvalue weighted by Crippen LogP contribution is -2.58. The van der Waals surface area contributed by atoms with Crippen molar-refractivity contribution < 1.29 is 0 Å². The molecule has 1 saturated heterocycles. The van der Waals surface area contributed by atoms with Crippen molar-refractivity contribution in [2.75, 3.05) is 32.7 Å². The summed E-state index contributed by atoms with van der Waals surface area (Å²) in [6, 6.07) is 0. The Kier molecular flexibility index (Phi) is 3.13. The molecule has 0 spiro atoms. The van der Waals surface area contributed by atoms with E-state index in [9.17, 15) is 0 Å². The first-order chi connectivity index (χ1) is 5.60. The van der Waals surface area contributed by atoms with Crippen molar-refractivity contribution in [3.05, 3.63) is 0 Å². The van der Waals surface area contributed by atoms with Gasteiger partial charge in [0.2, 0.25) is 0 Å². The van der Waals surface area contributed by atoms with Gasteiger partial charge in [-0.15, -0.1) is 0 Å². The second kappa shape index (κ2) is 3.75. The molecular weight excluding hydrogens is 148 g/mol. The van der Waals surface area contributed by atoms with Gasteiger partial charge in [-0.3, -0.25) is 4.90 Å². The summed E-state index contributed by atoms with van der Waals surface area (Å²) in [6.45, 7) is 15.3. The number of piperazine rings is 1. The van der Waals surface area contributed by atoms with Crippen LogP contribution in [0.1, 0.15) is 27.7 Å². The van der Waals surface area contributed by atoms with Gasteiger partial charge >= 0.3 is 0 Å². The standard InChI is InChI=1S/C10H22N2/c1-5-11-7-8-12(6-2)10(3,4)9-11/h5-9H2,1-4H3. The van der Waals surface area contributed by atoms with Crippen LogP contribution in [-0.2, 0) is 0 Å². The summed E-state index contributed by atoms with van der Waals surface area (Å²) >= 11 is 0. The summed E-state index contributed by atoms with van der Waals surface area (Å²) in [7, 11) is 0. The lowest BCUT2D eigenvalue weighted by Gasteiger charge is -2.46. The third kappa shape index (κ3) is 1.99. The van der Waals surface area contributed by atoms with E-state index in [1.807, 2.05) is 0 Å². The quantitative estimate of drug-likeness (QED) is 0.618. The SMILES string of the molecule is CCN1CCN(CC)C(C)(C)C1. The van der Waals surface area contributed by atoms with E-state index in [-0.39, 0.29) is 0 Å². The lowest BCUT2D eigenvalue weighted by atomic mass is 9.99. The lowest BCUT2D eigenvalue weighted by molar-refractivity contribution is 0.0265. The van der Waals surface area contributed by atoms with Crippen LogP contribution in [0.5, 0.6) is 0 Å². The largest absolute Gasteiger partial charge is 0.301 e. The fourth-order valence-electron chi connectivity index (χ4n) is 2.15. The minimum Gasteiger partial charge on any atom is -0.301 e. The van der Waals surface area contributed by atoms with Gasteiger partial charge in [0, 0.05) is 25.2 Å². The Balaban J connectivity index is 2.54. The summed E-state index contributed by atoms with van der Waals surface area (Å²) in [5, 5.41) is 0. The molecule has 0 aromatic rings. The Labute approximate surface area is 76.5 Å². The maximum atomic E-state index is 2.57. The zero-order valence-electron chi connectivity index (χ0n) is 8.93. The number of rotatable bonds is 2. The molecule has 2 heteroatoms. The highest BCUT2D eigenvalue weighted by Gasteiger charge is 2.31. The molecule has 1 aliphatic heterocycles. The van der Waals surface area contributed by atoms with Crippen LogP contribution < -0.4 is 0 Å². The summed E-state index contributed by atoms with van der Waals surface area (Å²) in [6.07, 6.45) is 0. The molecule has 0 atom stereocenters. The average molecular weight is 170 g/mol. The first-order valence-electron chi connectivity index (χ1n) is 5.07. The molecule has 0 aromatic carbocycles. The van der Waals surface area contributed by atoms with Crippen molar-refractivity contribution >= 4 is 0 Å². The Morgan fingerprint density at radius 2 is 1.75 bits per heavy atom. The number of nitrogens with zero attached hydrogens (tertiary/aromatic N) is 2. The normalized spacial score (nSPS) is 26.0. The minimum atomic E-state index is 0.378. The molecule has 0 unspecified atom stereocenters. The van der Waals surface area contributed by atoms with Gasteiger partial charge in [0.15, 0.2) is 0 Å². The van der Waals surface area contributed by atoms with Crippen molar-refractivity contribution in [3.63, 3.8) is 0 Å². The van der Waals surface area contributed by atoms with Gasteiger partial charge in [-0.2, -0.15) is 0 Å². The fourth-order valence-corrected chi connectivity index (χ4v) is 2.15. The van der Waals surface area contributed by atoms with E-state index < -0.39 is 0 Å². The Morgan fingerprint density at radius 1 is 1.08 bits per heavy atom. The van der Waals surface area contributed by atoms with Crippen LogP contribution in [0.4, 0.5) is 0 Å². The van der Waals surface area contributed by atoms with Crippen LogP contribution in [0.25, 0.3) is 0 Å². The van der Waals surface area contributed by atoms with Gasteiger partial charge in [-0.1, -0.05) is 13.8 Å². The molecule has 0 amide bonds. The van der Waals surface area contributed by atoms with Gasteiger partial charge in [0.25, 0.3) is 0 Å². The van der Waals surface area contributed by atoms with Crippen molar-refractivity contribution in [1.29, 1.82) is 0 Å². The smallest absolute Gasteiger partial charge is 0.0280 e. The van der Waals surface area contributed by atoms with Crippen LogP contribution >= 0.6 is 0 Å². The predicted molar refractivity (Wildman–Crippen MR) is 53.4 cm³/mol. The fraction of sp³-hybridized carbons (Fsp3) is 1.00. The maximum Gasteiger partial charge on any atom is 0.0280 e. The monoisotopic (exact) mass is 170 g/mol. The molecule has 0 saturated carbocycles. The molecule has 1 heterocycles. The van der Waals surface area contributed by atoms with Crippen LogP contribution in [0.15, 0.2) is 0 Å². The summed E-state index contributed by atoms with van der Waals surface area (Å²) in [5.74, 6) is 0. The Morgan fingerprint density at radius 3 is 2.17 bits per heavy atom. The van der Waals surface area contributed by atoms with Crippen molar-refractivity contribution in [2.24, 2.45) is 0 Å². The first-order valence-corrected chi connectivity index (χ1v) is 5.07. The maximum absolute atomic E-state index is 2.57. The van der Waals surface area contributed by atoms with Crippen LogP contribution in [0, 0.1) is 0 Å². The van der Waals surface area contributed by atoms with Crippen LogP contribution in [0.2, 0.25) is 0 Å². The van der Waals surface area contributed by atoms with E-state index in [0.717, 1.165) is 0 Å². The third-order valence-corrected chi connectivity index (χ3v) is 2.98. The van der Waals surface area contributed by atoms with Crippen molar-refractivity contribution in [3.8, 4) is 0 Å². The first kappa shape index (κ1) is 10.0. The molecule has 1 rings (SSSR count). The molecule has 1 fully saturated rings. The number of likely N-dealkylation sites (N-methyl/N-ethyl adjacent to an activating group) is 2. The Bertz CT molecular complexity index is 143. The van der Waals surface area contributed by atoms with E-state index in [4.69, 9.17) is 0 Å². The van der Waals surface area contributed by atoms with Gasteiger partial charge in [0.1, 0.15) is 0 Å². The highest BCUT2D eigenvalue weighted by molar-refractivity contribution is 4.88. The van der Waals surface area contributed by atoms with Crippen LogP contribution in [-0.4, -0.2) is 48.1 Å². The molecule has 2 nitrogen and oxygen atoms in total. The highest BCUT2D eigenvalue weighted by atomic mass is 15.3. The van der Waals surface area contributed by atoms with E-state index in [2.05, 4.69) is 37.5 Å². The minimum absolute atomic E-state index is 0.378. The van der Waals surface area contributed by atoms with Gasteiger partial charge < -0.3 is 4.90 Å². The zero-order chi connectivity index (χ0) is 9.19. The Hall–Kier alpha value is -0.0800. The van der Waals surface area contributed by atoms with E-state index >= 15 is 0 Å². The van der Waals surface area contributed by atoms with Gasteiger partial charge in [-0.25, -0.2) is 0 Å².